The van der Waals surface area contributed by atoms with E-state index in [1.54, 1.807) is 12.1 Å². The summed E-state index contributed by atoms with van der Waals surface area (Å²) in [5.41, 5.74) is 7.76. The van der Waals surface area contributed by atoms with Crippen molar-refractivity contribution in [3.8, 4) is 0 Å². The number of aromatic nitrogens is 1. The first-order chi connectivity index (χ1) is 8.97. The first-order valence-electron chi connectivity index (χ1n) is 5.46. The van der Waals surface area contributed by atoms with E-state index in [4.69, 9.17) is 5.73 Å². The number of carbonyl (C=O) groups is 1. The van der Waals surface area contributed by atoms with Gasteiger partial charge in [-0.15, -0.1) is 0 Å². The lowest BCUT2D eigenvalue weighted by Gasteiger charge is -2.08. The number of nitrogen functional groups attached to an aromatic ring is 1. The van der Waals surface area contributed by atoms with Gasteiger partial charge in [0.15, 0.2) is 0 Å². The number of pyridine rings is 1. The molecule has 19 heavy (non-hydrogen) atoms. The Bertz CT molecular complexity index is 644. The zero-order valence-corrected chi connectivity index (χ0v) is 13.2. The van der Waals surface area contributed by atoms with Crippen molar-refractivity contribution in [3.05, 3.63) is 50.5 Å². The normalized spacial score (nSPS) is 10.3. The Labute approximate surface area is 127 Å². The number of benzene rings is 1. The molecule has 0 aliphatic heterocycles. The molecule has 98 valence electrons. The number of hydrogen-bond donors (Lipinski definition) is 2. The zero-order valence-electron chi connectivity index (χ0n) is 10.1. The van der Waals surface area contributed by atoms with Gasteiger partial charge in [-0.2, -0.15) is 0 Å². The molecule has 2 rings (SSSR count). The largest absolute Gasteiger partial charge is 0.397 e. The van der Waals surface area contributed by atoms with Crippen LogP contribution in [0.1, 0.15) is 15.9 Å². The van der Waals surface area contributed by atoms with Crippen molar-refractivity contribution < 1.29 is 4.79 Å². The molecule has 0 saturated carbocycles. The molecule has 0 saturated heterocycles. The third-order valence-corrected chi connectivity index (χ3v) is 3.72. The van der Waals surface area contributed by atoms with E-state index in [-0.39, 0.29) is 5.91 Å². The van der Waals surface area contributed by atoms with Crippen LogP contribution in [-0.4, -0.2) is 10.9 Å². The molecule has 0 atom stereocenters. The number of nitrogens with two attached hydrogens (primary N) is 1. The summed E-state index contributed by atoms with van der Waals surface area (Å²) in [6.45, 7) is 1.96. The highest BCUT2D eigenvalue weighted by Crippen LogP contribution is 2.24. The van der Waals surface area contributed by atoms with Crippen LogP contribution in [0.5, 0.6) is 0 Å². The molecule has 0 fully saturated rings. The number of nitrogens with one attached hydrogen (secondary N) is 1. The third-order valence-electron chi connectivity index (χ3n) is 2.46. The van der Waals surface area contributed by atoms with Gasteiger partial charge in [-0.05, 0) is 62.5 Å². The lowest BCUT2D eigenvalue weighted by Crippen LogP contribution is -2.14. The Hall–Kier alpha value is -1.40. The van der Waals surface area contributed by atoms with Crippen molar-refractivity contribution in [2.75, 3.05) is 11.1 Å². The number of nitrogens with zero attached hydrogens (tertiary/aromatic N) is 1. The Morgan fingerprint density at radius 3 is 2.63 bits per heavy atom. The lowest BCUT2D eigenvalue weighted by molar-refractivity contribution is 0.102. The number of carbonyl (C=O) groups excluding carboxylic acids is 1. The molecule has 1 heterocycles. The Morgan fingerprint density at radius 2 is 2.00 bits per heavy atom. The summed E-state index contributed by atoms with van der Waals surface area (Å²) in [4.78, 5) is 16.2. The van der Waals surface area contributed by atoms with Crippen LogP contribution in [0.2, 0.25) is 0 Å². The number of anilines is 2. The maximum atomic E-state index is 12.2. The second kappa shape index (κ2) is 5.71. The predicted octanol–water partition coefficient (Wildman–Crippen LogP) is 3.75. The fourth-order valence-corrected chi connectivity index (χ4v) is 2.66. The van der Waals surface area contributed by atoms with Crippen molar-refractivity contribution in [3.63, 3.8) is 0 Å². The van der Waals surface area contributed by atoms with Crippen molar-refractivity contribution >= 4 is 49.3 Å². The van der Waals surface area contributed by atoms with Gasteiger partial charge in [0.05, 0.1) is 21.9 Å². The van der Waals surface area contributed by atoms with Crippen molar-refractivity contribution in [1.82, 2.24) is 4.98 Å². The molecule has 3 N–H and O–H groups in total. The topological polar surface area (TPSA) is 68.0 Å². The van der Waals surface area contributed by atoms with Crippen LogP contribution in [0.3, 0.4) is 0 Å². The van der Waals surface area contributed by atoms with E-state index in [1.165, 1.54) is 6.20 Å². The molecule has 1 aromatic heterocycles. The number of halogens is 2. The predicted molar refractivity (Wildman–Crippen MR) is 83.2 cm³/mol. The molecule has 0 radical (unpaired) electrons. The van der Waals surface area contributed by atoms with Gasteiger partial charge in [0.25, 0.3) is 5.91 Å². The minimum atomic E-state index is -0.232. The van der Waals surface area contributed by atoms with E-state index < -0.39 is 0 Å². The molecule has 0 bridgehead atoms. The minimum absolute atomic E-state index is 0.232. The summed E-state index contributed by atoms with van der Waals surface area (Å²) < 4.78 is 1.39. The number of hydrogen-bond acceptors (Lipinski definition) is 3. The van der Waals surface area contributed by atoms with E-state index in [0.717, 1.165) is 10.0 Å². The second-order valence-corrected chi connectivity index (χ2v) is 5.75. The highest BCUT2D eigenvalue weighted by Gasteiger charge is 2.12. The maximum Gasteiger partial charge on any atom is 0.257 e. The van der Waals surface area contributed by atoms with Crippen LogP contribution in [0.25, 0.3) is 0 Å². The van der Waals surface area contributed by atoms with Crippen LogP contribution in [0.4, 0.5) is 11.5 Å². The summed E-state index contributed by atoms with van der Waals surface area (Å²) in [7, 11) is 0. The van der Waals surface area contributed by atoms with Gasteiger partial charge in [0.2, 0.25) is 0 Å². The summed E-state index contributed by atoms with van der Waals surface area (Å²) in [5, 5.41) is 2.73. The molecule has 1 aromatic carbocycles. The quantitative estimate of drug-likeness (QED) is 0.828. The van der Waals surface area contributed by atoms with Gasteiger partial charge in [0, 0.05) is 4.47 Å². The molecular formula is C13H11Br2N3O. The zero-order chi connectivity index (χ0) is 14.0. The van der Waals surface area contributed by atoms with Crippen molar-refractivity contribution in [2.24, 2.45) is 0 Å². The monoisotopic (exact) mass is 383 g/mol. The Kier molecular flexibility index (Phi) is 4.21. The first-order valence-corrected chi connectivity index (χ1v) is 7.04. The molecule has 0 spiro atoms. The summed E-state index contributed by atoms with van der Waals surface area (Å²) in [5.74, 6) is 0.205. The van der Waals surface area contributed by atoms with Crippen LogP contribution in [0, 0.1) is 6.92 Å². The van der Waals surface area contributed by atoms with Gasteiger partial charge in [-0.25, -0.2) is 4.98 Å². The molecule has 4 nitrogen and oxygen atoms in total. The highest BCUT2D eigenvalue weighted by molar-refractivity contribution is 9.11. The van der Waals surface area contributed by atoms with Crippen LogP contribution >= 0.6 is 31.9 Å². The Morgan fingerprint density at radius 1 is 1.26 bits per heavy atom. The maximum absolute atomic E-state index is 12.2. The number of rotatable bonds is 2. The lowest BCUT2D eigenvalue weighted by atomic mass is 10.1. The van der Waals surface area contributed by atoms with Gasteiger partial charge in [-0.3, -0.25) is 4.79 Å². The van der Waals surface area contributed by atoms with E-state index in [2.05, 4.69) is 42.2 Å². The first kappa shape index (κ1) is 14.0. The minimum Gasteiger partial charge on any atom is -0.397 e. The van der Waals surface area contributed by atoms with E-state index in [0.29, 0.717) is 21.5 Å². The summed E-state index contributed by atoms with van der Waals surface area (Å²) in [6, 6.07) is 7.22. The standard InChI is InChI=1S/C13H11Br2N3O/c1-7-2-3-9(10(14)4-7)13(19)18-12-11(15)5-8(16)6-17-12/h2-6H,16H2,1H3,(H,17,18,19). The molecular weight excluding hydrogens is 374 g/mol. The molecule has 2 aromatic rings. The average molecular weight is 385 g/mol. The summed E-state index contributed by atoms with van der Waals surface area (Å²) in [6.07, 6.45) is 1.49. The molecule has 6 heteroatoms. The van der Waals surface area contributed by atoms with Crippen molar-refractivity contribution in [1.29, 1.82) is 0 Å². The van der Waals surface area contributed by atoms with Crippen LogP contribution in [-0.2, 0) is 0 Å². The molecule has 1 amide bonds. The van der Waals surface area contributed by atoms with Crippen molar-refractivity contribution in [2.45, 2.75) is 6.92 Å². The summed E-state index contributed by atoms with van der Waals surface area (Å²) >= 11 is 6.69. The fourth-order valence-electron chi connectivity index (χ4n) is 1.52. The van der Waals surface area contributed by atoms with E-state index in [9.17, 15) is 4.79 Å². The number of amides is 1. The fraction of sp³-hybridized carbons (Fsp3) is 0.0769. The van der Waals surface area contributed by atoms with Gasteiger partial charge in [-0.1, -0.05) is 6.07 Å². The van der Waals surface area contributed by atoms with Gasteiger partial charge < -0.3 is 11.1 Å². The highest BCUT2D eigenvalue weighted by atomic mass is 79.9. The molecule has 0 aliphatic carbocycles. The van der Waals surface area contributed by atoms with Crippen LogP contribution in [0.15, 0.2) is 39.4 Å². The third kappa shape index (κ3) is 3.33. The van der Waals surface area contributed by atoms with Gasteiger partial charge in [0.1, 0.15) is 5.82 Å². The SMILES string of the molecule is Cc1ccc(C(=O)Nc2ncc(N)cc2Br)c(Br)c1. The number of aryl methyl sites for hydroxylation is 1. The average Bonchev–Trinajstić information content (AvgIpc) is 2.32. The van der Waals surface area contributed by atoms with E-state index in [1.807, 2.05) is 19.1 Å². The second-order valence-electron chi connectivity index (χ2n) is 4.04. The van der Waals surface area contributed by atoms with E-state index >= 15 is 0 Å². The Balaban J connectivity index is 2.25. The molecule has 0 aliphatic rings. The molecule has 0 unspecified atom stereocenters. The van der Waals surface area contributed by atoms with Gasteiger partial charge >= 0.3 is 0 Å². The smallest absolute Gasteiger partial charge is 0.257 e. The van der Waals surface area contributed by atoms with Crippen LogP contribution < -0.4 is 11.1 Å².